The van der Waals surface area contributed by atoms with E-state index >= 15 is 0 Å². The number of benzene rings is 1. The first kappa shape index (κ1) is 21.4. The van der Waals surface area contributed by atoms with Gasteiger partial charge in [0.2, 0.25) is 0 Å². The second kappa shape index (κ2) is 14.5. The fourth-order valence-electron chi connectivity index (χ4n) is 1.56. The van der Waals surface area contributed by atoms with E-state index < -0.39 is 0 Å². The minimum Gasteiger partial charge on any atom is -0.483 e. The molecule has 0 radical (unpaired) electrons. The maximum Gasteiger partial charge on any atom is 0.290 e. The minimum absolute atomic E-state index is 0.250. The van der Waals surface area contributed by atoms with Gasteiger partial charge in [0, 0.05) is 11.9 Å². The Bertz CT molecular complexity index is 448. The standard InChI is InChI=1S/C15H21N.C2H6.CH2O2/c1-5-13(4)16-11-14(6-2)15-10-8-7-9-12(15)3;1-2;2-1-3/h7-11H,5-6H2,1-4H3;1-2H3;1H,(H,2,3)/b14-11+,16-13?;;. The van der Waals surface area contributed by atoms with Crippen LogP contribution in [-0.2, 0) is 4.79 Å². The Morgan fingerprint density at radius 2 is 1.71 bits per heavy atom. The normalized spacial score (nSPS) is 10.8. The molecule has 0 saturated heterocycles. The fraction of sp³-hybridized carbons (Fsp3) is 0.444. The lowest BCUT2D eigenvalue weighted by Crippen LogP contribution is -1.89. The van der Waals surface area contributed by atoms with Gasteiger partial charge in [-0.3, -0.25) is 9.79 Å². The van der Waals surface area contributed by atoms with Gasteiger partial charge in [-0.2, -0.15) is 0 Å². The van der Waals surface area contributed by atoms with E-state index in [9.17, 15) is 0 Å². The van der Waals surface area contributed by atoms with Gasteiger partial charge in [-0.1, -0.05) is 52.0 Å². The van der Waals surface area contributed by atoms with E-state index in [0.29, 0.717) is 0 Å². The average molecular weight is 291 g/mol. The maximum atomic E-state index is 8.36. The number of rotatable bonds is 4. The molecule has 0 aliphatic heterocycles. The summed E-state index contributed by atoms with van der Waals surface area (Å²) in [6, 6.07) is 8.48. The van der Waals surface area contributed by atoms with Crippen molar-refractivity contribution in [2.24, 2.45) is 4.99 Å². The quantitative estimate of drug-likeness (QED) is 0.601. The third-order valence-electron chi connectivity index (χ3n) is 2.82. The van der Waals surface area contributed by atoms with Crippen LogP contribution < -0.4 is 0 Å². The summed E-state index contributed by atoms with van der Waals surface area (Å²) in [5.41, 5.74) is 5.13. The summed E-state index contributed by atoms with van der Waals surface area (Å²) in [4.78, 5) is 12.8. The van der Waals surface area contributed by atoms with Gasteiger partial charge < -0.3 is 5.11 Å². The molecule has 1 rings (SSSR count). The second-order valence-corrected chi connectivity index (χ2v) is 4.15. The van der Waals surface area contributed by atoms with Crippen LogP contribution in [0.25, 0.3) is 5.57 Å². The zero-order chi connectivity index (χ0) is 16.7. The molecular formula is C18H29NO2. The summed E-state index contributed by atoms with van der Waals surface area (Å²) in [7, 11) is 0. The van der Waals surface area contributed by atoms with Gasteiger partial charge in [0.25, 0.3) is 6.47 Å². The number of hydrogen-bond donors (Lipinski definition) is 1. The second-order valence-electron chi connectivity index (χ2n) is 4.15. The van der Waals surface area contributed by atoms with E-state index in [0.717, 1.165) is 12.8 Å². The van der Waals surface area contributed by atoms with E-state index in [1.165, 1.54) is 22.4 Å². The van der Waals surface area contributed by atoms with Crippen molar-refractivity contribution in [1.29, 1.82) is 0 Å². The largest absolute Gasteiger partial charge is 0.483 e. The van der Waals surface area contributed by atoms with Crippen molar-refractivity contribution in [3.8, 4) is 0 Å². The summed E-state index contributed by atoms with van der Waals surface area (Å²) < 4.78 is 0. The molecule has 0 fully saturated rings. The molecular weight excluding hydrogens is 262 g/mol. The molecule has 0 saturated carbocycles. The highest BCUT2D eigenvalue weighted by molar-refractivity contribution is 5.83. The Kier molecular flexibility index (Phi) is 14.8. The molecule has 3 nitrogen and oxygen atoms in total. The number of hydrogen-bond acceptors (Lipinski definition) is 2. The van der Waals surface area contributed by atoms with Gasteiger partial charge in [0.1, 0.15) is 0 Å². The Labute approximate surface area is 129 Å². The van der Waals surface area contributed by atoms with Crippen molar-refractivity contribution < 1.29 is 9.90 Å². The predicted octanol–water partition coefficient (Wildman–Crippen LogP) is 5.34. The highest BCUT2D eigenvalue weighted by atomic mass is 16.3. The third-order valence-corrected chi connectivity index (χ3v) is 2.82. The highest BCUT2D eigenvalue weighted by Gasteiger charge is 2.01. The summed E-state index contributed by atoms with van der Waals surface area (Å²) in [6.45, 7) is 12.3. The minimum atomic E-state index is -0.250. The smallest absolute Gasteiger partial charge is 0.290 e. The van der Waals surface area contributed by atoms with Crippen LogP contribution in [-0.4, -0.2) is 17.3 Å². The van der Waals surface area contributed by atoms with Gasteiger partial charge in [0.15, 0.2) is 0 Å². The molecule has 3 heteroatoms. The number of carbonyl (C=O) groups is 1. The van der Waals surface area contributed by atoms with Crippen molar-refractivity contribution in [2.75, 3.05) is 0 Å². The molecule has 21 heavy (non-hydrogen) atoms. The number of aliphatic imine (C=N–C) groups is 1. The van der Waals surface area contributed by atoms with E-state index in [1.807, 2.05) is 20.0 Å². The van der Waals surface area contributed by atoms with E-state index in [4.69, 9.17) is 9.90 Å². The number of carboxylic acid groups (broad SMARTS) is 1. The fourth-order valence-corrected chi connectivity index (χ4v) is 1.56. The van der Waals surface area contributed by atoms with Crippen LogP contribution in [0.15, 0.2) is 35.5 Å². The topological polar surface area (TPSA) is 49.7 Å². The predicted molar refractivity (Wildman–Crippen MR) is 92.9 cm³/mol. The van der Waals surface area contributed by atoms with Gasteiger partial charge in [-0.15, -0.1) is 0 Å². The molecule has 0 aliphatic rings. The Balaban J connectivity index is 0. The molecule has 118 valence electrons. The van der Waals surface area contributed by atoms with Crippen molar-refractivity contribution in [3.63, 3.8) is 0 Å². The van der Waals surface area contributed by atoms with Crippen LogP contribution in [0.4, 0.5) is 0 Å². The molecule has 1 N–H and O–H groups in total. The summed E-state index contributed by atoms with van der Waals surface area (Å²) in [6.07, 6.45) is 4.05. The molecule has 0 amide bonds. The first-order chi connectivity index (χ1) is 10.1. The number of aryl methyl sites for hydroxylation is 1. The van der Waals surface area contributed by atoms with E-state index in [1.54, 1.807) is 0 Å². The number of nitrogens with zero attached hydrogens (tertiary/aromatic N) is 1. The molecule has 0 aromatic heterocycles. The maximum absolute atomic E-state index is 8.36. The van der Waals surface area contributed by atoms with Crippen LogP contribution in [0.3, 0.4) is 0 Å². The lowest BCUT2D eigenvalue weighted by atomic mass is 10.00. The van der Waals surface area contributed by atoms with Crippen molar-refractivity contribution in [2.45, 2.75) is 54.4 Å². The number of allylic oxidation sites excluding steroid dienone is 1. The van der Waals surface area contributed by atoms with Crippen LogP contribution >= 0.6 is 0 Å². The van der Waals surface area contributed by atoms with Gasteiger partial charge >= 0.3 is 0 Å². The lowest BCUT2D eigenvalue weighted by molar-refractivity contribution is -0.122. The highest BCUT2D eigenvalue weighted by Crippen LogP contribution is 2.21. The van der Waals surface area contributed by atoms with E-state index in [2.05, 4.69) is 57.0 Å². The van der Waals surface area contributed by atoms with Crippen LogP contribution in [0, 0.1) is 6.92 Å². The van der Waals surface area contributed by atoms with Crippen LogP contribution in [0.5, 0.6) is 0 Å². The zero-order valence-electron chi connectivity index (χ0n) is 14.2. The molecule has 1 aromatic rings. The molecule has 0 aliphatic carbocycles. The van der Waals surface area contributed by atoms with Crippen molar-refractivity contribution >= 4 is 17.8 Å². The first-order valence-electron chi connectivity index (χ1n) is 7.46. The van der Waals surface area contributed by atoms with Gasteiger partial charge in [0.05, 0.1) is 0 Å². The summed E-state index contributed by atoms with van der Waals surface area (Å²) >= 11 is 0. The van der Waals surface area contributed by atoms with Gasteiger partial charge in [-0.05, 0) is 43.4 Å². The lowest BCUT2D eigenvalue weighted by Gasteiger charge is -2.07. The van der Waals surface area contributed by atoms with Crippen molar-refractivity contribution in [1.82, 2.24) is 0 Å². The van der Waals surface area contributed by atoms with Crippen LogP contribution in [0.1, 0.15) is 58.6 Å². The Hall–Kier alpha value is -1.90. The molecule has 0 bridgehead atoms. The monoisotopic (exact) mass is 291 g/mol. The van der Waals surface area contributed by atoms with E-state index in [-0.39, 0.29) is 6.47 Å². The van der Waals surface area contributed by atoms with Crippen LogP contribution in [0.2, 0.25) is 0 Å². The molecule has 0 heterocycles. The molecule has 0 spiro atoms. The van der Waals surface area contributed by atoms with Gasteiger partial charge in [-0.25, -0.2) is 0 Å². The summed E-state index contributed by atoms with van der Waals surface area (Å²) in [5.74, 6) is 0. The third kappa shape index (κ3) is 9.61. The molecule has 1 aromatic carbocycles. The Morgan fingerprint density at radius 3 is 2.14 bits per heavy atom. The van der Waals surface area contributed by atoms with Crippen molar-refractivity contribution in [3.05, 3.63) is 41.6 Å². The first-order valence-corrected chi connectivity index (χ1v) is 7.46. The summed E-state index contributed by atoms with van der Waals surface area (Å²) in [5, 5.41) is 6.89. The molecule has 0 unspecified atom stereocenters. The molecule has 0 atom stereocenters. The zero-order valence-corrected chi connectivity index (χ0v) is 14.2. The Morgan fingerprint density at radius 1 is 1.19 bits per heavy atom. The average Bonchev–Trinajstić information content (AvgIpc) is 2.52. The SMILES string of the molecule is CC.CCC(C)=N/C=C(\CC)c1ccccc1C.O=CO.